The molecule has 2 heterocycles. The summed E-state index contributed by atoms with van der Waals surface area (Å²) in [7, 11) is 1.60. The van der Waals surface area contributed by atoms with E-state index in [0.717, 1.165) is 5.56 Å². The van der Waals surface area contributed by atoms with E-state index in [0.29, 0.717) is 28.1 Å². The van der Waals surface area contributed by atoms with Gasteiger partial charge in [-0.15, -0.1) is 15.3 Å². The Balaban J connectivity index is 1.31. The molecule has 0 radical (unpaired) electrons. The lowest BCUT2D eigenvalue weighted by molar-refractivity contribution is -0.123. The van der Waals surface area contributed by atoms with Crippen LogP contribution in [0, 0.1) is 0 Å². The van der Waals surface area contributed by atoms with Crippen LogP contribution in [-0.2, 0) is 4.79 Å². The van der Waals surface area contributed by atoms with Gasteiger partial charge in [-0.25, -0.2) is 0 Å². The number of methoxy groups -OCH3 is 1. The Labute approximate surface area is 209 Å². The SMILES string of the molecule is COc1cccc(-c2nnc3ccc(OCCNC(=O)COc4cc(Cl)c(Cl)cc4Cl)nn23)c1. The summed E-state index contributed by atoms with van der Waals surface area (Å²) >= 11 is 17.9. The first-order valence-electron chi connectivity index (χ1n) is 9.98. The molecule has 176 valence electrons. The molecule has 0 atom stereocenters. The van der Waals surface area contributed by atoms with Crippen LogP contribution in [-0.4, -0.2) is 52.6 Å². The Kier molecular flexibility index (Phi) is 7.56. The van der Waals surface area contributed by atoms with Gasteiger partial charge in [0.25, 0.3) is 5.91 Å². The minimum Gasteiger partial charge on any atom is -0.497 e. The molecule has 0 fully saturated rings. The fourth-order valence-electron chi connectivity index (χ4n) is 2.95. The van der Waals surface area contributed by atoms with Crippen LogP contribution in [0.4, 0.5) is 0 Å². The van der Waals surface area contributed by atoms with Gasteiger partial charge in [0.15, 0.2) is 18.1 Å². The highest BCUT2D eigenvalue weighted by Gasteiger charge is 2.12. The van der Waals surface area contributed by atoms with E-state index in [9.17, 15) is 4.79 Å². The van der Waals surface area contributed by atoms with Crippen molar-refractivity contribution < 1.29 is 19.0 Å². The van der Waals surface area contributed by atoms with Gasteiger partial charge >= 0.3 is 0 Å². The number of carbonyl (C=O) groups excluding carboxylic acids is 1. The second-order valence-corrected chi connectivity index (χ2v) is 8.10. The maximum absolute atomic E-state index is 12.0. The molecule has 2 aromatic heterocycles. The first-order chi connectivity index (χ1) is 16.4. The third kappa shape index (κ3) is 5.61. The third-order valence-electron chi connectivity index (χ3n) is 4.57. The molecule has 1 amide bonds. The molecule has 4 aromatic rings. The zero-order valence-electron chi connectivity index (χ0n) is 17.8. The molecule has 0 bridgehead atoms. The van der Waals surface area contributed by atoms with Gasteiger partial charge < -0.3 is 19.5 Å². The van der Waals surface area contributed by atoms with E-state index < -0.39 is 0 Å². The lowest BCUT2D eigenvalue weighted by Gasteiger charge is -2.10. The maximum atomic E-state index is 12.0. The number of halogens is 3. The highest BCUT2D eigenvalue weighted by molar-refractivity contribution is 6.43. The van der Waals surface area contributed by atoms with Crippen molar-refractivity contribution in [1.82, 2.24) is 25.1 Å². The number of nitrogens with one attached hydrogen (secondary N) is 1. The van der Waals surface area contributed by atoms with Gasteiger partial charge in [-0.2, -0.15) is 4.52 Å². The number of benzene rings is 2. The lowest BCUT2D eigenvalue weighted by Crippen LogP contribution is -2.32. The van der Waals surface area contributed by atoms with Crippen molar-refractivity contribution in [3.05, 3.63) is 63.6 Å². The smallest absolute Gasteiger partial charge is 0.258 e. The zero-order valence-corrected chi connectivity index (χ0v) is 20.1. The zero-order chi connectivity index (χ0) is 24.1. The monoisotopic (exact) mass is 521 g/mol. The van der Waals surface area contributed by atoms with Crippen LogP contribution in [0.15, 0.2) is 48.5 Å². The first kappa shape index (κ1) is 23.9. The van der Waals surface area contributed by atoms with Crippen LogP contribution in [0.5, 0.6) is 17.4 Å². The Hall–Kier alpha value is -3.27. The predicted molar refractivity (Wildman–Crippen MR) is 128 cm³/mol. The second-order valence-electron chi connectivity index (χ2n) is 6.88. The summed E-state index contributed by atoms with van der Waals surface area (Å²) in [6, 6.07) is 13.8. The topological polar surface area (TPSA) is 99.9 Å². The molecule has 0 aliphatic rings. The summed E-state index contributed by atoms with van der Waals surface area (Å²) in [5.74, 6) is 1.51. The van der Waals surface area contributed by atoms with Crippen molar-refractivity contribution in [2.45, 2.75) is 0 Å². The Bertz CT molecular complexity index is 1330. The van der Waals surface area contributed by atoms with Crippen molar-refractivity contribution in [1.29, 1.82) is 0 Å². The minimum absolute atomic E-state index is 0.189. The molecule has 0 aliphatic heterocycles. The largest absolute Gasteiger partial charge is 0.497 e. The molecule has 9 nitrogen and oxygen atoms in total. The van der Waals surface area contributed by atoms with Crippen molar-refractivity contribution >= 4 is 46.4 Å². The number of ether oxygens (including phenoxy) is 3. The fraction of sp³-hybridized carbons (Fsp3) is 0.182. The minimum atomic E-state index is -0.353. The molecule has 1 N–H and O–H groups in total. The summed E-state index contributed by atoms with van der Waals surface area (Å²) in [6.45, 7) is 0.183. The molecular formula is C22H18Cl3N5O4. The van der Waals surface area contributed by atoms with Gasteiger partial charge in [0.05, 0.1) is 28.7 Å². The standard InChI is InChI=1S/C22H18Cl3N5O4/c1-32-14-4-2-3-13(9-14)22-28-27-19-5-6-21(29-30(19)22)33-8-7-26-20(31)12-34-18-11-16(24)15(23)10-17(18)25/h2-6,9-11H,7-8,12H2,1H3,(H,26,31). The summed E-state index contributed by atoms with van der Waals surface area (Å²) in [5.41, 5.74) is 1.36. The van der Waals surface area contributed by atoms with Crippen LogP contribution in [0.3, 0.4) is 0 Å². The molecule has 0 saturated carbocycles. The van der Waals surface area contributed by atoms with E-state index in [-0.39, 0.29) is 41.5 Å². The van der Waals surface area contributed by atoms with Crippen molar-refractivity contribution in [3.8, 4) is 28.8 Å². The van der Waals surface area contributed by atoms with E-state index in [2.05, 4.69) is 20.6 Å². The van der Waals surface area contributed by atoms with Crippen LogP contribution >= 0.6 is 34.8 Å². The molecular weight excluding hydrogens is 505 g/mol. The predicted octanol–water partition coefficient (Wildman–Crippen LogP) is 4.33. The number of amides is 1. The number of rotatable bonds is 9. The van der Waals surface area contributed by atoms with Crippen LogP contribution < -0.4 is 19.5 Å². The van der Waals surface area contributed by atoms with Gasteiger partial charge in [-0.05, 0) is 24.3 Å². The normalized spacial score (nSPS) is 10.8. The average Bonchev–Trinajstić information content (AvgIpc) is 3.26. The maximum Gasteiger partial charge on any atom is 0.258 e. The van der Waals surface area contributed by atoms with Gasteiger partial charge in [0.1, 0.15) is 18.1 Å². The highest BCUT2D eigenvalue weighted by Crippen LogP contribution is 2.33. The molecule has 12 heteroatoms. The molecule has 0 spiro atoms. The van der Waals surface area contributed by atoms with Crippen molar-refractivity contribution in [3.63, 3.8) is 0 Å². The second kappa shape index (κ2) is 10.8. The number of carbonyl (C=O) groups is 1. The van der Waals surface area contributed by atoms with Crippen molar-refractivity contribution in [2.75, 3.05) is 26.9 Å². The molecule has 4 rings (SSSR count). The summed E-state index contributed by atoms with van der Waals surface area (Å²) < 4.78 is 17.9. The molecule has 0 saturated heterocycles. The highest BCUT2D eigenvalue weighted by atomic mass is 35.5. The van der Waals surface area contributed by atoms with Crippen molar-refractivity contribution in [2.24, 2.45) is 0 Å². The Morgan fingerprint density at radius 2 is 1.82 bits per heavy atom. The van der Waals surface area contributed by atoms with Gasteiger partial charge in [0.2, 0.25) is 5.88 Å². The lowest BCUT2D eigenvalue weighted by atomic mass is 10.2. The first-order valence-corrected chi connectivity index (χ1v) is 11.1. The molecule has 2 aromatic carbocycles. The van der Waals surface area contributed by atoms with Gasteiger partial charge in [0, 0.05) is 17.7 Å². The van der Waals surface area contributed by atoms with Gasteiger partial charge in [-0.1, -0.05) is 46.9 Å². The van der Waals surface area contributed by atoms with E-state index in [1.165, 1.54) is 12.1 Å². The van der Waals surface area contributed by atoms with E-state index in [1.807, 2.05) is 24.3 Å². The fourth-order valence-corrected chi connectivity index (χ4v) is 3.54. The number of hydrogen-bond donors (Lipinski definition) is 1. The third-order valence-corrected chi connectivity index (χ3v) is 5.59. The van der Waals surface area contributed by atoms with E-state index >= 15 is 0 Å². The van der Waals surface area contributed by atoms with Gasteiger partial charge in [-0.3, -0.25) is 4.79 Å². The summed E-state index contributed by atoms with van der Waals surface area (Å²) in [4.78, 5) is 12.0. The molecule has 0 aliphatic carbocycles. The quantitative estimate of drug-likeness (QED) is 0.258. The van der Waals surface area contributed by atoms with E-state index in [1.54, 1.807) is 23.8 Å². The summed E-state index contributed by atoms with van der Waals surface area (Å²) in [6.07, 6.45) is 0. The van der Waals surface area contributed by atoms with E-state index in [4.69, 9.17) is 49.0 Å². The van der Waals surface area contributed by atoms with Crippen LogP contribution in [0.25, 0.3) is 17.0 Å². The Morgan fingerprint density at radius 1 is 1.00 bits per heavy atom. The number of nitrogens with zero attached hydrogens (tertiary/aromatic N) is 4. The number of aromatic nitrogens is 4. The average molecular weight is 523 g/mol. The molecule has 0 unspecified atom stereocenters. The number of hydrogen-bond acceptors (Lipinski definition) is 7. The number of fused-ring (bicyclic) bond motifs is 1. The Morgan fingerprint density at radius 3 is 2.65 bits per heavy atom. The molecule has 34 heavy (non-hydrogen) atoms. The van der Waals surface area contributed by atoms with Crippen LogP contribution in [0.1, 0.15) is 0 Å². The summed E-state index contributed by atoms with van der Waals surface area (Å²) in [5, 5.41) is 16.3. The van der Waals surface area contributed by atoms with Crippen LogP contribution in [0.2, 0.25) is 15.1 Å².